The van der Waals surface area contributed by atoms with Gasteiger partial charge in [-0.1, -0.05) is 30.3 Å². The van der Waals surface area contributed by atoms with Crippen LogP contribution in [-0.4, -0.2) is 42.3 Å². The highest BCUT2D eigenvalue weighted by Crippen LogP contribution is 2.20. The maximum Gasteiger partial charge on any atom is 0.311 e. The Bertz CT molecular complexity index is 393. The third kappa shape index (κ3) is 3.09. The average molecular weight is 249 g/mol. The van der Waals surface area contributed by atoms with Crippen molar-refractivity contribution in [3.63, 3.8) is 0 Å². The number of rotatable bonds is 3. The van der Waals surface area contributed by atoms with E-state index in [0.717, 1.165) is 13.1 Å². The van der Waals surface area contributed by atoms with Gasteiger partial charge in [-0.15, -0.1) is 0 Å². The van der Waals surface area contributed by atoms with Crippen molar-refractivity contribution in [2.75, 3.05) is 20.2 Å². The normalized spacial score (nSPS) is 24.8. The van der Waals surface area contributed by atoms with E-state index in [9.17, 15) is 9.90 Å². The molecule has 2 atom stereocenters. The zero-order chi connectivity index (χ0) is 13.0. The highest BCUT2D eigenvalue weighted by molar-refractivity contribution is 5.73. The van der Waals surface area contributed by atoms with Crippen molar-refractivity contribution in [3.05, 3.63) is 35.9 Å². The number of β-amino-alcohol motifs (C(OH)–C–C–N with tert-alkyl or cyclic N) is 1. The summed E-state index contributed by atoms with van der Waals surface area (Å²) in [5.74, 6) is -0.677. The van der Waals surface area contributed by atoms with Crippen molar-refractivity contribution in [2.24, 2.45) is 5.92 Å². The monoisotopic (exact) mass is 249 g/mol. The third-order valence-electron chi connectivity index (χ3n) is 3.42. The first-order chi connectivity index (χ1) is 8.70. The molecule has 0 amide bonds. The lowest BCUT2D eigenvalue weighted by molar-refractivity contribution is -0.152. The summed E-state index contributed by atoms with van der Waals surface area (Å²) >= 11 is 0. The fraction of sp³-hybridized carbons (Fsp3) is 0.500. The van der Waals surface area contributed by atoms with E-state index in [2.05, 4.69) is 17.0 Å². The Hall–Kier alpha value is -1.39. The second kappa shape index (κ2) is 5.98. The summed E-state index contributed by atoms with van der Waals surface area (Å²) in [7, 11) is 1.37. The lowest BCUT2D eigenvalue weighted by atomic mass is 9.93. The number of ether oxygens (including phenoxy) is 1. The summed E-state index contributed by atoms with van der Waals surface area (Å²) in [5.41, 5.74) is 1.22. The molecule has 18 heavy (non-hydrogen) atoms. The van der Waals surface area contributed by atoms with Crippen LogP contribution >= 0.6 is 0 Å². The van der Waals surface area contributed by atoms with E-state index in [1.165, 1.54) is 12.7 Å². The number of aliphatic hydroxyl groups excluding tert-OH is 1. The molecular weight excluding hydrogens is 230 g/mol. The van der Waals surface area contributed by atoms with Gasteiger partial charge in [-0.2, -0.15) is 0 Å². The van der Waals surface area contributed by atoms with Gasteiger partial charge in [0.1, 0.15) is 0 Å². The van der Waals surface area contributed by atoms with Crippen LogP contribution in [0.4, 0.5) is 0 Å². The number of carbonyl (C=O) groups excluding carboxylic acids is 1. The topological polar surface area (TPSA) is 49.8 Å². The van der Waals surface area contributed by atoms with Gasteiger partial charge in [0, 0.05) is 13.1 Å². The molecule has 2 rings (SSSR count). The van der Waals surface area contributed by atoms with Gasteiger partial charge >= 0.3 is 5.97 Å². The molecule has 0 aromatic heterocycles. The van der Waals surface area contributed by atoms with Crippen molar-refractivity contribution >= 4 is 5.97 Å². The van der Waals surface area contributed by atoms with Crippen LogP contribution < -0.4 is 0 Å². The summed E-state index contributed by atoms with van der Waals surface area (Å²) in [6.07, 6.45) is 0.0237. The molecule has 4 heteroatoms. The van der Waals surface area contributed by atoms with Crippen molar-refractivity contribution in [1.29, 1.82) is 0 Å². The Morgan fingerprint density at radius 3 is 2.78 bits per heavy atom. The molecule has 1 N–H and O–H groups in total. The minimum absolute atomic E-state index is 0.304. The molecule has 1 fully saturated rings. The number of carbonyl (C=O) groups is 1. The molecule has 0 bridgehead atoms. The lowest BCUT2D eigenvalue weighted by Gasteiger charge is -2.34. The van der Waals surface area contributed by atoms with Gasteiger partial charge < -0.3 is 9.84 Å². The molecule has 0 spiro atoms. The van der Waals surface area contributed by atoms with E-state index in [4.69, 9.17) is 4.74 Å². The average Bonchev–Trinajstić information content (AvgIpc) is 2.39. The lowest BCUT2D eigenvalue weighted by Crippen LogP contribution is -2.46. The highest BCUT2D eigenvalue weighted by Gasteiger charge is 2.33. The van der Waals surface area contributed by atoms with E-state index in [0.29, 0.717) is 13.0 Å². The van der Waals surface area contributed by atoms with Crippen molar-refractivity contribution in [3.8, 4) is 0 Å². The first-order valence-corrected chi connectivity index (χ1v) is 6.23. The largest absolute Gasteiger partial charge is 0.469 e. The van der Waals surface area contributed by atoms with Crippen LogP contribution in [0.5, 0.6) is 0 Å². The van der Waals surface area contributed by atoms with Crippen LogP contribution in [0.3, 0.4) is 0 Å². The smallest absolute Gasteiger partial charge is 0.311 e. The van der Waals surface area contributed by atoms with E-state index >= 15 is 0 Å². The Morgan fingerprint density at radius 2 is 2.17 bits per heavy atom. The number of nitrogens with zero attached hydrogens (tertiary/aromatic N) is 1. The fourth-order valence-corrected chi connectivity index (χ4v) is 2.41. The molecule has 0 radical (unpaired) electrons. The minimum atomic E-state index is -0.630. The molecule has 4 nitrogen and oxygen atoms in total. The standard InChI is InChI=1S/C14H19NO3/c1-18-14(17)12-7-8-15(10-13(12)16)9-11-5-3-2-4-6-11/h2-6,12-13,16H,7-10H2,1H3. The van der Waals surface area contributed by atoms with Crippen LogP contribution in [0.25, 0.3) is 0 Å². The Labute approximate surface area is 107 Å². The number of methoxy groups -OCH3 is 1. The second-order valence-electron chi connectivity index (χ2n) is 4.71. The number of hydrogen-bond donors (Lipinski definition) is 1. The van der Waals surface area contributed by atoms with Crippen molar-refractivity contribution < 1.29 is 14.6 Å². The van der Waals surface area contributed by atoms with Gasteiger partial charge in [-0.3, -0.25) is 9.69 Å². The van der Waals surface area contributed by atoms with Gasteiger partial charge in [-0.05, 0) is 18.5 Å². The Morgan fingerprint density at radius 1 is 1.44 bits per heavy atom. The Kier molecular flexibility index (Phi) is 4.33. The van der Waals surface area contributed by atoms with Gasteiger partial charge in [0.15, 0.2) is 0 Å². The van der Waals surface area contributed by atoms with Gasteiger partial charge in [0.2, 0.25) is 0 Å². The first kappa shape index (κ1) is 13.1. The summed E-state index contributed by atoms with van der Waals surface area (Å²) in [4.78, 5) is 13.6. The summed E-state index contributed by atoms with van der Waals surface area (Å²) in [6, 6.07) is 10.1. The maximum atomic E-state index is 11.4. The number of aliphatic hydroxyl groups is 1. The molecule has 1 heterocycles. The molecule has 1 aliphatic heterocycles. The van der Waals surface area contributed by atoms with Crippen LogP contribution in [0.2, 0.25) is 0 Å². The maximum absolute atomic E-state index is 11.4. The highest BCUT2D eigenvalue weighted by atomic mass is 16.5. The number of piperidine rings is 1. The molecule has 2 unspecified atom stereocenters. The Balaban J connectivity index is 1.90. The number of esters is 1. The molecule has 0 saturated carbocycles. The van der Waals surface area contributed by atoms with Crippen molar-refractivity contribution in [1.82, 2.24) is 4.90 Å². The zero-order valence-corrected chi connectivity index (χ0v) is 10.6. The zero-order valence-electron chi connectivity index (χ0n) is 10.6. The number of likely N-dealkylation sites (tertiary alicyclic amines) is 1. The summed E-state index contributed by atoms with van der Waals surface area (Å²) < 4.78 is 4.70. The summed E-state index contributed by atoms with van der Waals surface area (Å²) in [6.45, 7) is 2.15. The summed E-state index contributed by atoms with van der Waals surface area (Å²) in [5, 5.41) is 9.98. The predicted molar refractivity (Wildman–Crippen MR) is 67.8 cm³/mol. The van der Waals surface area contributed by atoms with Crippen LogP contribution in [0.15, 0.2) is 30.3 Å². The molecule has 1 saturated heterocycles. The first-order valence-electron chi connectivity index (χ1n) is 6.23. The molecule has 1 aliphatic rings. The fourth-order valence-electron chi connectivity index (χ4n) is 2.41. The predicted octanol–water partition coefficient (Wildman–Crippen LogP) is 1.04. The quantitative estimate of drug-likeness (QED) is 0.813. The van der Waals surface area contributed by atoms with Gasteiger partial charge in [-0.25, -0.2) is 0 Å². The second-order valence-corrected chi connectivity index (χ2v) is 4.71. The van der Waals surface area contributed by atoms with E-state index in [1.807, 2.05) is 18.2 Å². The van der Waals surface area contributed by atoms with Crippen molar-refractivity contribution in [2.45, 2.75) is 19.1 Å². The van der Waals surface area contributed by atoms with Gasteiger partial charge in [0.05, 0.1) is 19.1 Å². The van der Waals surface area contributed by atoms with Crippen LogP contribution in [0, 0.1) is 5.92 Å². The molecular formula is C14H19NO3. The van der Waals surface area contributed by atoms with E-state index < -0.39 is 6.10 Å². The third-order valence-corrected chi connectivity index (χ3v) is 3.42. The molecule has 98 valence electrons. The minimum Gasteiger partial charge on any atom is -0.469 e. The van der Waals surface area contributed by atoms with Gasteiger partial charge in [0.25, 0.3) is 0 Å². The van der Waals surface area contributed by atoms with Crippen LogP contribution in [0.1, 0.15) is 12.0 Å². The van der Waals surface area contributed by atoms with Crippen LogP contribution in [-0.2, 0) is 16.1 Å². The SMILES string of the molecule is COC(=O)C1CCN(Cc2ccccc2)CC1O. The van der Waals surface area contributed by atoms with E-state index in [1.54, 1.807) is 0 Å². The number of hydrogen-bond acceptors (Lipinski definition) is 4. The molecule has 1 aromatic carbocycles. The molecule has 0 aliphatic carbocycles. The van der Waals surface area contributed by atoms with E-state index in [-0.39, 0.29) is 11.9 Å². The molecule has 1 aromatic rings. The number of benzene rings is 1.